The first kappa shape index (κ1) is 17.1. The summed E-state index contributed by atoms with van der Waals surface area (Å²) in [7, 11) is -3.14. The van der Waals surface area contributed by atoms with Crippen molar-refractivity contribution in [2.24, 2.45) is 4.99 Å². The molecular weight excluding hydrogens is 256 g/mol. The van der Waals surface area contributed by atoms with Crippen LogP contribution in [0.2, 0.25) is 0 Å². The highest BCUT2D eigenvalue weighted by Crippen LogP contribution is 1.77. The zero-order valence-electron chi connectivity index (χ0n) is 11.3. The van der Waals surface area contributed by atoms with E-state index in [9.17, 15) is 8.42 Å². The molecule has 108 valence electrons. The summed E-state index contributed by atoms with van der Waals surface area (Å²) >= 11 is 0. The van der Waals surface area contributed by atoms with Crippen LogP contribution in [0.4, 0.5) is 0 Å². The average Bonchev–Trinajstić information content (AvgIpc) is 2.28. The third-order valence-corrected chi connectivity index (χ3v) is 2.56. The Hall–Kier alpha value is -0.860. The summed E-state index contributed by atoms with van der Waals surface area (Å²) in [5.74, 6) is 0.660. The maximum atomic E-state index is 10.8. The fourth-order valence-corrected chi connectivity index (χ4v) is 1.59. The number of rotatable bonds is 9. The Morgan fingerprint density at radius 1 is 1.22 bits per heavy atom. The Morgan fingerprint density at radius 3 is 2.50 bits per heavy atom. The molecule has 8 heteroatoms. The molecular formula is C10H24N4O3S. The fourth-order valence-electron chi connectivity index (χ4n) is 1.13. The molecule has 0 bridgehead atoms. The Bertz CT molecular complexity index is 330. The van der Waals surface area contributed by atoms with Crippen molar-refractivity contribution in [1.82, 2.24) is 15.4 Å². The van der Waals surface area contributed by atoms with E-state index in [4.69, 9.17) is 4.74 Å². The molecule has 0 aliphatic rings. The maximum Gasteiger partial charge on any atom is 0.208 e. The summed E-state index contributed by atoms with van der Waals surface area (Å²) in [5, 5.41) is 6.15. The predicted octanol–water partition coefficient (Wildman–Crippen LogP) is -0.873. The van der Waals surface area contributed by atoms with Gasteiger partial charge in [0.1, 0.15) is 0 Å². The van der Waals surface area contributed by atoms with Gasteiger partial charge in [0.05, 0.1) is 19.4 Å². The molecule has 0 aromatic carbocycles. The molecule has 18 heavy (non-hydrogen) atoms. The number of hydrogen-bond acceptors (Lipinski definition) is 4. The molecule has 0 aromatic heterocycles. The second-order valence-corrected chi connectivity index (χ2v) is 5.38. The van der Waals surface area contributed by atoms with Crippen molar-refractivity contribution in [2.45, 2.75) is 13.8 Å². The second-order valence-electron chi connectivity index (χ2n) is 3.55. The van der Waals surface area contributed by atoms with Gasteiger partial charge in [-0.05, 0) is 13.8 Å². The van der Waals surface area contributed by atoms with E-state index in [2.05, 4.69) is 20.3 Å². The molecule has 0 radical (unpaired) electrons. The summed E-state index contributed by atoms with van der Waals surface area (Å²) in [6.07, 6.45) is 1.13. The normalized spacial score (nSPS) is 12.5. The molecule has 0 saturated heterocycles. The van der Waals surface area contributed by atoms with E-state index in [1.165, 1.54) is 0 Å². The van der Waals surface area contributed by atoms with E-state index in [1.54, 1.807) is 0 Å². The number of aliphatic imine (C=N–C) groups is 1. The Balaban J connectivity index is 3.91. The standard InChI is InChI=1S/C10H24N4O3S/c1-4-11-10(13-8-9-17-5-2)12-6-7-14-18(3,15)16/h14H,4-9H2,1-3H3,(H2,11,12,13). The van der Waals surface area contributed by atoms with E-state index in [1.807, 2.05) is 13.8 Å². The SMILES string of the molecule is CCNC(=NCCNS(C)(=O)=O)NCCOCC. The number of nitrogens with one attached hydrogen (secondary N) is 3. The first-order valence-electron chi connectivity index (χ1n) is 6.04. The molecule has 0 aliphatic carbocycles. The Morgan fingerprint density at radius 2 is 1.94 bits per heavy atom. The van der Waals surface area contributed by atoms with Gasteiger partial charge in [-0.25, -0.2) is 13.1 Å². The van der Waals surface area contributed by atoms with Gasteiger partial charge in [0.15, 0.2) is 5.96 Å². The van der Waals surface area contributed by atoms with Crippen LogP contribution in [0.5, 0.6) is 0 Å². The van der Waals surface area contributed by atoms with Crippen molar-refractivity contribution < 1.29 is 13.2 Å². The van der Waals surface area contributed by atoms with Gasteiger partial charge < -0.3 is 15.4 Å². The van der Waals surface area contributed by atoms with E-state index >= 15 is 0 Å². The van der Waals surface area contributed by atoms with Crippen molar-refractivity contribution in [3.63, 3.8) is 0 Å². The lowest BCUT2D eigenvalue weighted by molar-refractivity contribution is 0.152. The van der Waals surface area contributed by atoms with Crippen LogP contribution in [0.1, 0.15) is 13.8 Å². The van der Waals surface area contributed by atoms with Crippen LogP contribution in [0.3, 0.4) is 0 Å². The fraction of sp³-hybridized carbons (Fsp3) is 0.900. The van der Waals surface area contributed by atoms with Crippen LogP contribution in [-0.4, -0.2) is 60.0 Å². The lowest BCUT2D eigenvalue weighted by Gasteiger charge is -2.11. The van der Waals surface area contributed by atoms with Gasteiger partial charge in [-0.2, -0.15) is 0 Å². The highest BCUT2D eigenvalue weighted by molar-refractivity contribution is 7.88. The molecule has 0 saturated carbocycles. The van der Waals surface area contributed by atoms with Crippen LogP contribution in [-0.2, 0) is 14.8 Å². The molecule has 0 aliphatic heterocycles. The zero-order valence-corrected chi connectivity index (χ0v) is 12.1. The second kappa shape index (κ2) is 10.1. The third kappa shape index (κ3) is 11.6. The van der Waals surface area contributed by atoms with E-state index in [0.717, 1.165) is 12.8 Å². The smallest absolute Gasteiger partial charge is 0.208 e. The van der Waals surface area contributed by atoms with Crippen LogP contribution in [0.15, 0.2) is 4.99 Å². The Kier molecular flexibility index (Phi) is 9.62. The molecule has 0 atom stereocenters. The largest absolute Gasteiger partial charge is 0.380 e. The third-order valence-electron chi connectivity index (χ3n) is 1.83. The number of sulfonamides is 1. The van der Waals surface area contributed by atoms with Crippen LogP contribution >= 0.6 is 0 Å². The summed E-state index contributed by atoms with van der Waals surface area (Å²) in [6.45, 7) is 7.30. The van der Waals surface area contributed by atoms with Crippen LogP contribution in [0, 0.1) is 0 Å². The van der Waals surface area contributed by atoms with Crippen molar-refractivity contribution in [2.75, 3.05) is 45.6 Å². The highest BCUT2D eigenvalue weighted by atomic mass is 32.2. The number of guanidine groups is 1. The molecule has 7 nitrogen and oxygen atoms in total. The van der Waals surface area contributed by atoms with Gasteiger partial charge >= 0.3 is 0 Å². The zero-order chi connectivity index (χ0) is 13.9. The lowest BCUT2D eigenvalue weighted by atomic mass is 10.6. The van der Waals surface area contributed by atoms with Crippen molar-refractivity contribution in [3.8, 4) is 0 Å². The molecule has 0 amide bonds. The molecule has 0 unspecified atom stereocenters. The van der Waals surface area contributed by atoms with Gasteiger partial charge in [0, 0.05) is 26.2 Å². The first-order valence-corrected chi connectivity index (χ1v) is 7.93. The average molecular weight is 280 g/mol. The summed E-state index contributed by atoms with van der Waals surface area (Å²) < 4.78 is 29.3. The number of ether oxygens (including phenoxy) is 1. The van der Waals surface area contributed by atoms with Gasteiger partial charge in [0.25, 0.3) is 0 Å². The summed E-state index contributed by atoms with van der Waals surface area (Å²) in [6, 6.07) is 0. The lowest BCUT2D eigenvalue weighted by Crippen LogP contribution is -2.39. The maximum absolute atomic E-state index is 10.8. The molecule has 0 rings (SSSR count). The molecule has 3 N–H and O–H groups in total. The van der Waals surface area contributed by atoms with Crippen LogP contribution < -0.4 is 15.4 Å². The molecule has 0 fully saturated rings. The number of nitrogens with zero attached hydrogens (tertiary/aromatic N) is 1. The van der Waals surface area contributed by atoms with Crippen molar-refractivity contribution >= 4 is 16.0 Å². The quantitative estimate of drug-likeness (QED) is 0.290. The topological polar surface area (TPSA) is 91.8 Å². The highest BCUT2D eigenvalue weighted by Gasteiger charge is 1.99. The van der Waals surface area contributed by atoms with E-state index in [0.29, 0.717) is 38.8 Å². The number of hydrogen-bond donors (Lipinski definition) is 3. The predicted molar refractivity (Wildman–Crippen MR) is 73.3 cm³/mol. The van der Waals surface area contributed by atoms with Crippen molar-refractivity contribution in [3.05, 3.63) is 0 Å². The van der Waals surface area contributed by atoms with Crippen molar-refractivity contribution in [1.29, 1.82) is 0 Å². The molecule has 0 spiro atoms. The monoisotopic (exact) mass is 280 g/mol. The van der Waals surface area contributed by atoms with Gasteiger partial charge in [-0.1, -0.05) is 0 Å². The van der Waals surface area contributed by atoms with Gasteiger partial charge in [0.2, 0.25) is 10.0 Å². The van der Waals surface area contributed by atoms with Crippen LogP contribution in [0.25, 0.3) is 0 Å². The minimum absolute atomic E-state index is 0.293. The van der Waals surface area contributed by atoms with E-state index < -0.39 is 10.0 Å². The first-order chi connectivity index (χ1) is 8.49. The van der Waals surface area contributed by atoms with Gasteiger partial charge in [-0.3, -0.25) is 4.99 Å². The minimum atomic E-state index is -3.14. The Labute approximate surface area is 109 Å². The van der Waals surface area contributed by atoms with E-state index in [-0.39, 0.29) is 0 Å². The molecule has 0 heterocycles. The summed E-state index contributed by atoms with van der Waals surface area (Å²) in [5.41, 5.74) is 0. The van der Waals surface area contributed by atoms with Gasteiger partial charge in [-0.15, -0.1) is 0 Å². The minimum Gasteiger partial charge on any atom is -0.380 e. The molecule has 0 aromatic rings. The summed E-state index contributed by atoms with van der Waals surface area (Å²) in [4.78, 5) is 4.23.